The SMILES string of the molecule is CCC[C@H](NC(=O)CSc1nc(C)nc2sc3c(c12)CCCC3)c1ccccc1. The van der Waals surface area contributed by atoms with Gasteiger partial charge >= 0.3 is 0 Å². The number of rotatable bonds is 7. The molecule has 0 unspecified atom stereocenters. The largest absolute Gasteiger partial charge is 0.349 e. The van der Waals surface area contributed by atoms with Crippen molar-refractivity contribution >= 4 is 39.2 Å². The van der Waals surface area contributed by atoms with Gasteiger partial charge < -0.3 is 5.32 Å². The molecule has 0 aliphatic heterocycles. The lowest BCUT2D eigenvalue weighted by Gasteiger charge is -2.18. The average Bonchev–Trinajstić information content (AvgIpc) is 3.10. The summed E-state index contributed by atoms with van der Waals surface area (Å²) in [6.45, 7) is 4.09. The third-order valence-corrected chi connectivity index (χ3v) is 7.51. The van der Waals surface area contributed by atoms with Crippen LogP contribution in [0.2, 0.25) is 0 Å². The highest BCUT2D eigenvalue weighted by Gasteiger charge is 2.21. The molecule has 1 amide bonds. The molecule has 2 heterocycles. The quantitative estimate of drug-likeness (QED) is 0.394. The maximum absolute atomic E-state index is 12.8. The monoisotopic (exact) mass is 425 g/mol. The Morgan fingerprint density at radius 3 is 2.79 bits per heavy atom. The summed E-state index contributed by atoms with van der Waals surface area (Å²) in [5, 5.41) is 5.38. The zero-order chi connectivity index (χ0) is 20.2. The van der Waals surface area contributed by atoms with Gasteiger partial charge in [0.1, 0.15) is 15.7 Å². The predicted molar refractivity (Wildman–Crippen MR) is 122 cm³/mol. The Balaban J connectivity index is 1.50. The van der Waals surface area contributed by atoms with Gasteiger partial charge in [-0.05, 0) is 50.2 Å². The fraction of sp³-hybridized carbons (Fsp3) is 0.435. The van der Waals surface area contributed by atoms with Crippen LogP contribution in [-0.2, 0) is 17.6 Å². The van der Waals surface area contributed by atoms with E-state index in [1.807, 2.05) is 36.5 Å². The molecule has 0 saturated heterocycles. The fourth-order valence-electron chi connectivity index (χ4n) is 4.00. The standard InChI is InChI=1S/C23H27N3OS2/c1-3-9-18(16-10-5-4-6-11-16)26-20(27)14-28-22-21-17-12-7-8-13-19(17)29-23(21)25-15(2)24-22/h4-6,10-11,18H,3,7-9,12-14H2,1-2H3,(H,26,27)/t18-/m0/s1. The number of thiophene rings is 1. The Hall–Kier alpha value is -1.92. The van der Waals surface area contributed by atoms with E-state index in [9.17, 15) is 4.79 Å². The van der Waals surface area contributed by atoms with Gasteiger partial charge in [-0.15, -0.1) is 11.3 Å². The lowest BCUT2D eigenvalue weighted by atomic mass is 9.97. The number of amides is 1. The van der Waals surface area contributed by atoms with Crippen LogP contribution in [0.15, 0.2) is 35.4 Å². The molecule has 4 nitrogen and oxygen atoms in total. The second-order valence-corrected chi connectivity index (χ2v) is 9.62. The Bertz CT molecular complexity index is 1000. The van der Waals surface area contributed by atoms with Crippen LogP contribution in [0, 0.1) is 6.92 Å². The van der Waals surface area contributed by atoms with Gasteiger partial charge in [0.2, 0.25) is 5.91 Å². The van der Waals surface area contributed by atoms with Crippen LogP contribution < -0.4 is 5.32 Å². The maximum Gasteiger partial charge on any atom is 0.230 e. The van der Waals surface area contributed by atoms with Crippen molar-refractivity contribution < 1.29 is 4.79 Å². The van der Waals surface area contributed by atoms with E-state index in [1.165, 1.54) is 34.2 Å². The number of hydrogen-bond donors (Lipinski definition) is 1. The fourth-order valence-corrected chi connectivity index (χ4v) is 6.28. The molecule has 1 aromatic carbocycles. The van der Waals surface area contributed by atoms with Crippen molar-refractivity contribution in [2.75, 3.05) is 5.75 Å². The number of aryl methyl sites for hydroxylation is 3. The van der Waals surface area contributed by atoms with E-state index in [0.29, 0.717) is 5.75 Å². The molecule has 0 spiro atoms. The molecule has 29 heavy (non-hydrogen) atoms. The van der Waals surface area contributed by atoms with Crippen LogP contribution in [0.5, 0.6) is 0 Å². The highest BCUT2D eigenvalue weighted by Crippen LogP contribution is 2.39. The third-order valence-electron chi connectivity index (χ3n) is 5.35. The zero-order valence-corrected chi connectivity index (χ0v) is 18.7. The third kappa shape index (κ3) is 4.64. The lowest BCUT2D eigenvalue weighted by molar-refractivity contribution is -0.119. The van der Waals surface area contributed by atoms with E-state index < -0.39 is 0 Å². The van der Waals surface area contributed by atoms with Gasteiger partial charge in [-0.1, -0.05) is 55.4 Å². The summed E-state index contributed by atoms with van der Waals surface area (Å²) in [7, 11) is 0. The first-order chi connectivity index (χ1) is 14.2. The van der Waals surface area contributed by atoms with Gasteiger partial charge in [0.05, 0.1) is 11.8 Å². The first-order valence-corrected chi connectivity index (χ1v) is 12.2. The summed E-state index contributed by atoms with van der Waals surface area (Å²) in [6.07, 6.45) is 6.71. The number of aromatic nitrogens is 2. The summed E-state index contributed by atoms with van der Waals surface area (Å²) in [6, 6.07) is 10.3. The Morgan fingerprint density at radius 2 is 2.00 bits per heavy atom. The number of thioether (sulfide) groups is 1. The van der Waals surface area contributed by atoms with Crippen LogP contribution in [0.25, 0.3) is 10.2 Å². The van der Waals surface area contributed by atoms with Gasteiger partial charge in [-0.2, -0.15) is 0 Å². The second kappa shape index (κ2) is 9.26. The van der Waals surface area contributed by atoms with Crippen molar-refractivity contribution in [3.05, 3.63) is 52.2 Å². The summed E-state index contributed by atoms with van der Waals surface area (Å²) in [5.41, 5.74) is 2.59. The van der Waals surface area contributed by atoms with Gasteiger partial charge in [-0.25, -0.2) is 9.97 Å². The van der Waals surface area contributed by atoms with Crippen molar-refractivity contribution in [2.24, 2.45) is 0 Å². The molecule has 0 saturated carbocycles. The molecule has 1 atom stereocenters. The minimum absolute atomic E-state index is 0.0609. The number of fused-ring (bicyclic) bond motifs is 3. The zero-order valence-electron chi connectivity index (χ0n) is 17.0. The van der Waals surface area contributed by atoms with Gasteiger partial charge in [0, 0.05) is 10.3 Å². The first kappa shape index (κ1) is 20.4. The summed E-state index contributed by atoms with van der Waals surface area (Å²) >= 11 is 3.36. The summed E-state index contributed by atoms with van der Waals surface area (Å²) in [4.78, 5) is 24.7. The van der Waals surface area contributed by atoms with Crippen molar-refractivity contribution in [1.82, 2.24) is 15.3 Å². The molecule has 152 valence electrons. The van der Waals surface area contributed by atoms with E-state index in [0.717, 1.165) is 41.4 Å². The molecule has 3 aromatic rings. The predicted octanol–water partition coefficient (Wildman–Crippen LogP) is 5.63. The van der Waals surface area contributed by atoms with Crippen LogP contribution in [-0.4, -0.2) is 21.6 Å². The van der Waals surface area contributed by atoms with Crippen LogP contribution >= 0.6 is 23.1 Å². The number of nitrogens with one attached hydrogen (secondary N) is 1. The number of nitrogens with zero attached hydrogens (tertiary/aromatic N) is 2. The van der Waals surface area contributed by atoms with E-state index in [1.54, 1.807) is 11.8 Å². The number of hydrogen-bond acceptors (Lipinski definition) is 5. The van der Waals surface area contributed by atoms with E-state index in [4.69, 9.17) is 4.98 Å². The van der Waals surface area contributed by atoms with Gasteiger partial charge in [0.25, 0.3) is 0 Å². The van der Waals surface area contributed by atoms with Crippen molar-refractivity contribution in [2.45, 2.75) is 63.4 Å². The molecular formula is C23H27N3OS2. The highest BCUT2D eigenvalue weighted by molar-refractivity contribution is 8.00. The summed E-state index contributed by atoms with van der Waals surface area (Å²) in [5.74, 6) is 1.22. The minimum Gasteiger partial charge on any atom is -0.349 e. The maximum atomic E-state index is 12.8. The molecule has 0 radical (unpaired) electrons. The number of carbonyl (C=O) groups is 1. The molecule has 2 aromatic heterocycles. The topological polar surface area (TPSA) is 54.9 Å². The van der Waals surface area contributed by atoms with E-state index >= 15 is 0 Å². The molecule has 6 heteroatoms. The van der Waals surface area contributed by atoms with Crippen LogP contribution in [0.1, 0.15) is 60.5 Å². The molecule has 1 N–H and O–H groups in total. The Kier molecular flexibility index (Phi) is 6.50. The molecule has 4 rings (SSSR count). The second-order valence-electron chi connectivity index (χ2n) is 7.58. The Morgan fingerprint density at radius 1 is 1.21 bits per heavy atom. The first-order valence-electron chi connectivity index (χ1n) is 10.4. The smallest absolute Gasteiger partial charge is 0.230 e. The van der Waals surface area contributed by atoms with E-state index in [-0.39, 0.29) is 11.9 Å². The van der Waals surface area contributed by atoms with Crippen LogP contribution in [0.3, 0.4) is 0 Å². The minimum atomic E-state index is 0.0609. The molecule has 0 bridgehead atoms. The lowest BCUT2D eigenvalue weighted by Crippen LogP contribution is -2.30. The molecule has 0 fully saturated rings. The molecular weight excluding hydrogens is 398 g/mol. The van der Waals surface area contributed by atoms with Crippen molar-refractivity contribution in [1.29, 1.82) is 0 Å². The average molecular weight is 426 g/mol. The van der Waals surface area contributed by atoms with E-state index in [2.05, 4.69) is 29.4 Å². The van der Waals surface area contributed by atoms with Gasteiger partial charge in [-0.3, -0.25) is 4.79 Å². The normalized spacial score (nSPS) is 14.6. The number of benzene rings is 1. The van der Waals surface area contributed by atoms with Crippen molar-refractivity contribution in [3.8, 4) is 0 Å². The molecule has 1 aliphatic rings. The highest BCUT2D eigenvalue weighted by atomic mass is 32.2. The Labute approximate surface area is 180 Å². The van der Waals surface area contributed by atoms with Crippen molar-refractivity contribution in [3.63, 3.8) is 0 Å². The number of carbonyl (C=O) groups excluding carboxylic acids is 1. The molecule has 1 aliphatic carbocycles. The summed E-state index contributed by atoms with van der Waals surface area (Å²) < 4.78 is 0. The van der Waals surface area contributed by atoms with Gasteiger partial charge in [0.15, 0.2) is 0 Å². The van der Waals surface area contributed by atoms with Crippen LogP contribution in [0.4, 0.5) is 0 Å².